The maximum Gasteiger partial charge on any atom is 0.340 e. The molecule has 3 N–H and O–H groups in total. The van der Waals surface area contributed by atoms with Gasteiger partial charge in [0.2, 0.25) is 0 Å². The van der Waals surface area contributed by atoms with E-state index in [4.69, 9.17) is 14.9 Å². The molecular formula is C15H18O5. The van der Waals surface area contributed by atoms with Crippen LogP contribution < -0.4 is 4.74 Å². The highest BCUT2D eigenvalue weighted by atomic mass is 16.5. The number of benzene rings is 2. The summed E-state index contributed by atoms with van der Waals surface area (Å²) in [7, 11) is 2.59. The van der Waals surface area contributed by atoms with Crippen molar-refractivity contribution in [2.75, 3.05) is 14.2 Å². The molecule has 0 aliphatic heterocycles. The Kier molecular flexibility index (Phi) is 5.07. The number of aliphatic hydroxyl groups excluding tert-OH is 1. The van der Waals surface area contributed by atoms with E-state index >= 15 is 0 Å². The zero-order valence-electron chi connectivity index (χ0n) is 11.6. The van der Waals surface area contributed by atoms with Crippen LogP contribution >= 0.6 is 0 Å². The number of hydrogen-bond donors (Lipinski definition) is 3. The van der Waals surface area contributed by atoms with Gasteiger partial charge >= 0.3 is 5.97 Å². The van der Waals surface area contributed by atoms with Gasteiger partial charge in [-0.2, -0.15) is 0 Å². The summed E-state index contributed by atoms with van der Waals surface area (Å²) in [6, 6.07) is 10.5. The first-order valence-corrected chi connectivity index (χ1v) is 5.94. The molecule has 0 fully saturated rings. The molecule has 0 bridgehead atoms. The molecule has 0 aromatic heterocycles. The normalized spacial score (nSPS) is 13.1. The number of fused-ring (bicyclic) bond motifs is 1. The van der Waals surface area contributed by atoms with Crippen LogP contribution in [0.2, 0.25) is 0 Å². The first-order valence-electron chi connectivity index (χ1n) is 5.94. The van der Waals surface area contributed by atoms with Crippen LogP contribution in [0.5, 0.6) is 5.75 Å². The van der Waals surface area contributed by atoms with E-state index in [1.165, 1.54) is 6.92 Å². The van der Waals surface area contributed by atoms with Crippen LogP contribution in [0.25, 0.3) is 10.8 Å². The summed E-state index contributed by atoms with van der Waals surface area (Å²) in [5.74, 6) is -0.532. The number of ether oxygens (including phenoxy) is 1. The number of aliphatic carboxylic acids is 1. The van der Waals surface area contributed by atoms with Gasteiger partial charge < -0.3 is 20.1 Å². The van der Waals surface area contributed by atoms with Crippen LogP contribution in [-0.2, 0) is 10.4 Å². The molecule has 20 heavy (non-hydrogen) atoms. The smallest absolute Gasteiger partial charge is 0.340 e. The minimum Gasteiger partial charge on any atom is -0.497 e. The predicted octanol–water partition coefficient (Wildman–Crippen LogP) is 1.75. The molecule has 2 aromatic carbocycles. The van der Waals surface area contributed by atoms with E-state index in [1.54, 1.807) is 31.4 Å². The van der Waals surface area contributed by atoms with Crippen LogP contribution in [0.1, 0.15) is 12.5 Å². The zero-order valence-corrected chi connectivity index (χ0v) is 11.6. The number of aliphatic hydroxyl groups is 2. The molecule has 2 rings (SSSR count). The van der Waals surface area contributed by atoms with Gasteiger partial charge in [-0.3, -0.25) is 0 Å². The fraction of sp³-hybridized carbons (Fsp3) is 0.267. The van der Waals surface area contributed by atoms with Crippen molar-refractivity contribution < 1.29 is 24.9 Å². The number of rotatable bonds is 3. The fourth-order valence-corrected chi connectivity index (χ4v) is 1.78. The third-order valence-electron chi connectivity index (χ3n) is 3.03. The first kappa shape index (κ1) is 15.9. The zero-order chi connectivity index (χ0) is 15.3. The van der Waals surface area contributed by atoms with E-state index in [2.05, 4.69) is 0 Å². The van der Waals surface area contributed by atoms with Crippen molar-refractivity contribution in [3.63, 3.8) is 0 Å². The van der Waals surface area contributed by atoms with Crippen LogP contribution in [0.3, 0.4) is 0 Å². The standard InChI is InChI=1S/C14H14O4.CH4O/c1-14(17,13(15)16)11-5-3-10-8-12(18-2)6-4-9(10)7-11;1-2/h3-8,17H,1-2H3,(H,15,16);2H,1H3. The summed E-state index contributed by atoms with van der Waals surface area (Å²) < 4.78 is 5.11. The molecular weight excluding hydrogens is 260 g/mol. The lowest BCUT2D eigenvalue weighted by Crippen LogP contribution is -2.31. The summed E-state index contributed by atoms with van der Waals surface area (Å²) in [4.78, 5) is 11.0. The maximum atomic E-state index is 11.0. The average molecular weight is 278 g/mol. The third-order valence-corrected chi connectivity index (χ3v) is 3.03. The fourth-order valence-electron chi connectivity index (χ4n) is 1.78. The Bertz CT molecular complexity index is 604. The molecule has 0 aliphatic carbocycles. The minimum absolute atomic E-state index is 0.354. The topological polar surface area (TPSA) is 87.0 Å². The second-order valence-electron chi connectivity index (χ2n) is 4.31. The molecule has 1 atom stereocenters. The van der Waals surface area contributed by atoms with Gasteiger partial charge in [0.25, 0.3) is 0 Å². The Morgan fingerprint density at radius 2 is 1.65 bits per heavy atom. The molecule has 0 amide bonds. The lowest BCUT2D eigenvalue weighted by Gasteiger charge is -2.18. The molecule has 0 saturated carbocycles. The number of carboxylic acid groups (broad SMARTS) is 1. The van der Waals surface area contributed by atoms with Crippen LogP contribution in [0, 0.1) is 0 Å². The van der Waals surface area contributed by atoms with Gasteiger partial charge in [-0.25, -0.2) is 4.79 Å². The van der Waals surface area contributed by atoms with Gasteiger partial charge in [0.05, 0.1) is 7.11 Å². The molecule has 0 spiro atoms. The molecule has 0 aliphatic rings. The van der Waals surface area contributed by atoms with Crippen molar-refractivity contribution in [1.82, 2.24) is 0 Å². The number of carbonyl (C=O) groups is 1. The van der Waals surface area contributed by atoms with Gasteiger partial charge in [0, 0.05) is 7.11 Å². The molecule has 0 radical (unpaired) electrons. The minimum atomic E-state index is -1.88. The summed E-state index contributed by atoms with van der Waals surface area (Å²) >= 11 is 0. The highest BCUT2D eigenvalue weighted by molar-refractivity contribution is 5.87. The van der Waals surface area contributed by atoms with Crippen LogP contribution in [0.4, 0.5) is 0 Å². The van der Waals surface area contributed by atoms with Gasteiger partial charge in [0.15, 0.2) is 5.60 Å². The van der Waals surface area contributed by atoms with Crippen LogP contribution in [0.15, 0.2) is 36.4 Å². The monoisotopic (exact) mass is 278 g/mol. The SMILES string of the molecule is CO.COc1ccc2cc(C(C)(O)C(=O)O)ccc2c1. The van der Waals surface area contributed by atoms with E-state index in [9.17, 15) is 9.90 Å². The lowest BCUT2D eigenvalue weighted by molar-refractivity contribution is -0.157. The molecule has 5 nitrogen and oxygen atoms in total. The van der Waals surface area contributed by atoms with Gasteiger partial charge in [-0.05, 0) is 41.5 Å². The van der Waals surface area contributed by atoms with Crippen molar-refractivity contribution in [1.29, 1.82) is 0 Å². The molecule has 0 saturated heterocycles. The van der Waals surface area contributed by atoms with Gasteiger partial charge in [0.1, 0.15) is 5.75 Å². The largest absolute Gasteiger partial charge is 0.497 e. The molecule has 2 aromatic rings. The molecule has 1 unspecified atom stereocenters. The number of carboxylic acids is 1. The third kappa shape index (κ3) is 3.07. The average Bonchev–Trinajstić information content (AvgIpc) is 2.47. The highest BCUT2D eigenvalue weighted by Gasteiger charge is 2.32. The number of hydrogen-bond acceptors (Lipinski definition) is 4. The van der Waals surface area contributed by atoms with Crippen molar-refractivity contribution in [3.05, 3.63) is 42.0 Å². The lowest BCUT2D eigenvalue weighted by atomic mass is 9.94. The summed E-state index contributed by atoms with van der Waals surface area (Å²) in [5.41, 5.74) is -1.53. The van der Waals surface area contributed by atoms with E-state index < -0.39 is 11.6 Å². The van der Waals surface area contributed by atoms with Crippen molar-refractivity contribution >= 4 is 16.7 Å². The Labute approximate surface area is 117 Å². The van der Waals surface area contributed by atoms with Crippen LogP contribution in [-0.4, -0.2) is 35.5 Å². The maximum absolute atomic E-state index is 11.0. The predicted molar refractivity (Wildman–Crippen MR) is 75.8 cm³/mol. The Hall–Kier alpha value is -2.11. The van der Waals surface area contributed by atoms with E-state index in [0.717, 1.165) is 23.6 Å². The van der Waals surface area contributed by atoms with E-state index in [0.29, 0.717) is 5.56 Å². The van der Waals surface area contributed by atoms with E-state index in [-0.39, 0.29) is 0 Å². The second kappa shape index (κ2) is 6.36. The highest BCUT2D eigenvalue weighted by Crippen LogP contribution is 2.27. The Morgan fingerprint density at radius 3 is 2.20 bits per heavy atom. The first-order chi connectivity index (χ1) is 9.45. The Balaban J connectivity index is 0.000000956. The molecule has 0 heterocycles. The molecule has 108 valence electrons. The Morgan fingerprint density at radius 1 is 1.10 bits per heavy atom. The summed E-state index contributed by atoms with van der Waals surface area (Å²) in [6.45, 7) is 1.26. The van der Waals surface area contributed by atoms with Gasteiger partial charge in [-0.1, -0.05) is 18.2 Å². The van der Waals surface area contributed by atoms with Crippen molar-refractivity contribution in [3.8, 4) is 5.75 Å². The summed E-state index contributed by atoms with van der Waals surface area (Å²) in [6.07, 6.45) is 0. The van der Waals surface area contributed by atoms with Crippen molar-refractivity contribution in [2.24, 2.45) is 0 Å². The second-order valence-corrected chi connectivity index (χ2v) is 4.31. The van der Waals surface area contributed by atoms with Crippen molar-refractivity contribution in [2.45, 2.75) is 12.5 Å². The number of methoxy groups -OCH3 is 1. The van der Waals surface area contributed by atoms with Gasteiger partial charge in [-0.15, -0.1) is 0 Å². The van der Waals surface area contributed by atoms with E-state index in [1.807, 2.05) is 12.1 Å². The quantitative estimate of drug-likeness (QED) is 0.796. The summed E-state index contributed by atoms with van der Waals surface area (Å²) in [5, 5.41) is 27.7. The molecule has 5 heteroatoms.